The van der Waals surface area contributed by atoms with Gasteiger partial charge in [0.25, 0.3) is 5.91 Å². The van der Waals surface area contributed by atoms with Gasteiger partial charge in [0.05, 0.1) is 53.2 Å². The second kappa shape index (κ2) is 7.30. The maximum absolute atomic E-state index is 13.2. The van der Waals surface area contributed by atoms with E-state index >= 15 is 0 Å². The SMILES string of the molecule is COc1ccc(NC(=O)c2cc(C3CC3)nc3c2c(C)nn3[C@H]2CCS(=O)(=O)C2)cn1. The lowest BCUT2D eigenvalue weighted by Crippen LogP contribution is -2.15. The number of aryl methyl sites for hydroxylation is 1. The molecule has 162 valence electrons. The van der Waals surface area contributed by atoms with Crippen molar-refractivity contribution < 1.29 is 17.9 Å². The number of nitrogens with zero attached hydrogens (tertiary/aromatic N) is 4. The number of sulfone groups is 1. The smallest absolute Gasteiger partial charge is 0.256 e. The molecule has 0 aromatic carbocycles. The van der Waals surface area contributed by atoms with E-state index in [9.17, 15) is 13.2 Å². The summed E-state index contributed by atoms with van der Waals surface area (Å²) in [6, 6.07) is 4.99. The molecule has 10 heteroatoms. The van der Waals surface area contributed by atoms with E-state index in [1.807, 2.05) is 13.0 Å². The number of carbonyl (C=O) groups excluding carboxylic acids is 1. The van der Waals surface area contributed by atoms with E-state index in [2.05, 4.69) is 15.4 Å². The summed E-state index contributed by atoms with van der Waals surface area (Å²) in [5, 5.41) is 8.16. The molecule has 0 unspecified atom stereocenters. The van der Waals surface area contributed by atoms with E-state index in [4.69, 9.17) is 9.72 Å². The van der Waals surface area contributed by atoms with Crippen molar-refractivity contribution in [1.82, 2.24) is 19.7 Å². The molecular formula is C21H23N5O4S. The molecule has 1 atom stereocenters. The Morgan fingerprint density at radius 2 is 2.06 bits per heavy atom. The Morgan fingerprint density at radius 3 is 2.68 bits per heavy atom. The lowest BCUT2D eigenvalue weighted by Gasteiger charge is -2.12. The van der Waals surface area contributed by atoms with E-state index in [0.29, 0.717) is 46.2 Å². The number of anilines is 1. The van der Waals surface area contributed by atoms with Crippen molar-refractivity contribution in [2.75, 3.05) is 23.9 Å². The summed E-state index contributed by atoms with van der Waals surface area (Å²) in [6.07, 6.45) is 4.11. The molecule has 3 aromatic rings. The van der Waals surface area contributed by atoms with Crippen LogP contribution >= 0.6 is 0 Å². The van der Waals surface area contributed by atoms with Gasteiger partial charge in [-0.2, -0.15) is 5.10 Å². The van der Waals surface area contributed by atoms with Crippen molar-refractivity contribution in [2.24, 2.45) is 0 Å². The van der Waals surface area contributed by atoms with Crippen LogP contribution in [-0.4, -0.2) is 52.7 Å². The Bertz CT molecular complexity index is 1280. The maximum Gasteiger partial charge on any atom is 0.256 e. The van der Waals surface area contributed by atoms with Crippen LogP contribution in [0.15, 0.2) is 24.4 Å². The van der Waals surface area contributed by atoms with Gasteiger partial charge < -0.3 is 10.1 Å². The third kappa shape index (κ3) is 3.76. The fourth-order valence-electron chi connectivity index (χ4n) is 4.10. The molecule has 1 amide bonds. The minimum absolute atomic E-state index is 0.0532. The molecular weight excluding hydrogens is 418 g/mol. The summed E-state index contributed by atoms with van der Waals surface area (Å²) in [4.78, 5) is 22.2. The number of carbonyl (C=O) groups is 1. The van der Waals surface area contributed by atoms with Gasteiger partial charge in [0, 0.05) is 17.7 Å². The van der Waals surface area contributed by atoms with E-state index in [0.717, 1.165) is 18.5 Å². The molecule has 1 N–H and O–H groups in total. The number of hydrogen-bond acceptors (Lipinski definition) is 7. The van der Waals surface area contributed by atoms with Gasteiger partial charge >= 0.3 is 0 Å². The minimum Gasteiger partial charge on any atom is -0.481 e. The predicted molar refractivity (Wildman–Crippen MR) is 115 cm³/mol. The number of amides is 1. The Labute approximate surface area is 179 Å². The van der Waals surface area contributed by atoms with Crippen molar-refractivity contribution in [1.29, 1.82) is 0 Å². The highest BCUT2D eigenvalue weighted by Gasteiger charge is 2.34. The number of fused-ring (bicyclic) bond motifs is 1. The first-order valence-electron chi connectivity index (χ1n) is 10.3. The molecule has 9 nitrogen and oxygen atoms in total. The summed E-state index contributed by atoms with van der Waals surface area (Å²) in [5.41, 5.74) is 3.14. The number of methoxy groups -OCH3 is 1. The highest BCUT2D eigenvalue weighted by molar-refractivity contribution is 7.91. The van der Waals surface area contributed by atoms with E-state index in [-0.39, 0.29) is 23.5 Å². The molecule has 2 aliphatic rings. The topological polar surface area (TPSA) is 116 Å². The Hall–Kier alpha value is -3.01. The first kappa shape index (κ1) is 19.9. The summed E-state index contributed by atoms with van der Waals surface area (Å²) in [7, 11) is -1.54. The highest BCUT2D eigenvalue weighted by Crippen LogP contribution is 2.41. The zero-order chi connectivity index (χ0) is 21.8. The molecule has 1 aliphatic carbocycles. The molecule has 0 radical (unpaired) electrons. The summed E-state index contributed by atoms with van der Waals surface area (Å²) >= 11 is 0. The van der Waals surface area contributed by atoms with Crippen LogP contribution in [-0.2, 0) is 9.84 Å². The van der Waals surface area contributed by atoms with Gasteiger partial charge in [-0.25, -0.2) is 23.1 Å². The molecule has 5 rings (SSSR count). The lowest BCUT2D eigenvalue weighted by atomic mass is 10.1. The average molecular weight is 442 g/mol. The Morgan fingerprint density at radius 1 is 1.26 bits per heavy atom. The fraction of sp³-hybridized carbons (Fsp3) is 0.429. The second-order valence-electron chi connectivity index (χ2n) is 8.20. The van der Waals surface area contributed by atoms with E-state index < -0.39 is 9.84 Å². The summed E-state index contributed by atoms with van der Waals surface area (Å²) < 4.78 is 30.8. The number of hydrogen-bond donors (Lipinski definition) is 1. The third-order valence-electron chi connectivity index (χ3n) is 5.85. The normalized spacial score (nSPS) is 20.1. The van der Waals surface area contributed by atoms with Crippen molar-refractivity contribution in [3.8, 4) is 5.88 Å². The van der Waals surface area contributed by atoms with Crippen LogP contribution in [0, 0.1) is 6.92 Å². The van der Waals surface area contributed by atoms with Gasteiger partial charge in [-0.3, -0.25) is 4.79 Å². The Kier molecular flexibility index (Phi) is 4.69. The van der Waals surface area contributed by atoms with Crippen LogP contribution in [0.25, 0.3) is 11.0 Å². The third-order valence-corrected chi connectivity index (χ3v) is 7.60. The molecule has 3 aromatic heterocycles. The summed E-state index contributed by atoms with van der Waals surface area (Å²) in [5.74, 6) is 0.719. The van der Waals surface area contributed by atoms with Crippen LogP contribution in [0.5, 0.6) is 5.88 Å². The standard InChI is InChI=1S/C21H23N5O4S/c1-12-19-16(21(27)23-14-5-6-18(30-2)22-10-14)9-17(13-3-4-13)24-20(19)26(25-12)15-7-8-31(28,29)11-15/h5-6,9-10,13,15H,3-4,7-8,11H2,1-2H3,(H,23,27)/t15-/m0/s1. The van der Waals surface area contributed by atoms with Crippen LogP contribution in [0.3, 0.4) is 0 Å². The quantitative estimate of drug-likeness (QED) is 0.647. The molecule has 31 heavy (non-hydrogen) atoms. The van der Waals surface area contributed by atoms with Crippen molar-refractivity contribution in [3.05, 3.63) is 41.3 Å². The average Bonchev–Trinajstić information content (AvgIpc) is 3.47. The minimum atomic E-state index is -3.08. The second-order valence-corrected chi connectivity index (χ2v) is 10.4. The lowest BCUT2D eigenvalue weighted by molar-refractivity contribution is 0.102. The van der Waals surface area contributed by atoms with E-state index in [1.54, 1.807) is 16.8 Å². The molecule has 1 saturated carbocycles. The van der Waals surface area contributed by atoms with Crippen LogP contribution < -0.4 is 10.1 Å². The summed E-state index contributed by atoms with van der Waals surface area (Å²) in [6.45, 7) is 1.83. The van der Waals surface area contributed by atoms with Gasteiger partial charge in [-0.15, -0.1) is 0 Å². The largest absolute Gasteiger partial charge is 0.481 e. The molecule has 4 heterocycles. The zero-order valence-electron chi connectivity index (χ0n) is 17.3. The van der Waals surface area contributed by atoms with Crippen molar-refractivity contribution in [3.63, 3.8) is 0 Å². The molecule has 2 fully saturated rings. The Balaban J connectivity index is 1.57. The van der Waals surface area contributed by atoms with Crippen LogP contribution in [0.2, 0.25) is 0 Å². The van der Waals surface area contributed by atoms with Gasteiger partial charge in [-0.1, -0.05) is 0 Å². The molecule has 0 bridgehead atoms. The number of nitrogens with one attached hydrogen (secondary N) is 1. The first-order chi connectivity index (χ1) is 14.8. The number of ether oxygens (including phenoxy) is 1. The molecule has 1 aliphatic heterocycles. The van der Waals surface area contributed by atoms with Gasteiger partial charge in [0.2, 0.25) is 5.88 Å². The first-order valence-corrected chi connectivity index (χ1v) is 12.1. The molecule has 1 saturated heterocycles. The van der Waals surface area contributed by atoms with E-state index in [1.165, 1.54) is 13.3 Å². The maximum atomic E-state index is 13.2. The molecule has 0 spiro atoms. The number of aromatic nitrogens is 4. The van der Waals surface area contributed by atoms with Crippen molar-refractivity contribution >= 4 is 32.5 Å². The van der Waals surface area contributed by atoms with Crippen molar-refractivity contribution in [2.45, 2.75) is 38.1 Å². The zero-order valence-corrected chi connectivity index (χ0v) is 18.1. The predicted octanol–water partition coefficient (Wildman–Crippen LogP) is 2.63. The van der Waals surface area contributed by atoms with Crippen LogP contribution in [0.1, 0.15) is 53.0 Å². The van der Waals surface area contributed by atoms with Gasteiger partial charge in [0.15, 0.2) is 15.5 Å². The van der Waals surface area contributed by atoms with Gasteiger partial charge in [-0.05, 0) is 38.3 Å². The number of pyridine rings is 2. The number of rotatable bonds is 5. The van der Waals surface area contributed by atoms with Crippen LogP contribution in [0.4, 0.5) is 5.69 Å². The highest BCUT2D eigenvalue weighted by atomic mass is 32.2. The fourth-order valence-corrected chi connectivity index (χ4v) is 5.79. The monoisotopic (exact) mass is 441 g/mol. The van der Waals surface area contributed by atoms with Gasteiger partial charge in [0.1, 0.15) is 0 Å².